The van der Waals surface area contributed by atoms with Crippen LogP contribution in [0.5, 0.6) is 5.75 Å². The smallest absolute Gasteiger partial charge is 0.253 e. The van der Waals surface area contributed by atoms with Crippen molar-refractivity contribution < 1.29 is 9.53 Å². The maximum Gasteiger partial charge on any atom is 0.253 e. The van der Waals surface area contributed by atoms with Gasteiger partial charge in [-0.05, 0) is 41.3 Å². The molecular formula is C20H19ClN2O3. The molecule has 3 aromatic rings. The van der Waals surface area contributed by atoms with E-state index in [0.29, 0.717) is 28.4 Å². The molecule has 0 aliphatic rings. The number of methoxy groups -OCH3 is 1. The van der Waals surface area contributed by atoms with E-state index in [-0.39, 0.29) is 18.0 Å². The number of carbonyl (C=O) groups is 1. The van der Waals surface area contributed by atoms with E-state index in [1.165, 1.54) is 6.92 Å². The molecule has 1 amide bonds. The third-order valence-electron chi connectivity index (χ3n) is 4.22. The molecule has 134 valence electrons. The molecule has 0 aliphatic heterocycles. The van der Waals surface area contributed by atoms with Crippen LogP contribution in [0.15, 0.2) is 53.3 Å². The number of nitrogens with one attached hydrogen (secondary N) is 1. The van der Waals surface area contributed by atoms with Gasteiger partial charge in [0.1, 0.15) is 5.75 Å². The van der Waals surface area contributed by atoms with Crippen LogP contribution < -0.4 is 10.3 Å². The van der Waals surface area contributed by atoms with Crippen LogP contribution in [0, 0.1) is 0 Å². The average molecular weight is 371 g/mol. The zero-order valence-electron chi connectivity index (χ0n) is 14.6. The van der Waals surface area contributed by atoms with Crippen LogP contribution in [0.3, 0.4) is 0 Å². The summed E-state index contributed by atoms with van der Waals surface area (Å²) >= 11 is 5.90. The molecule has 0 atom stereocenters. The van der Waals surface area contributed by atoms with Crippen molar-refractivity contribution in [1.82, 2.24) is 9.88 Å². The predicted molar refractivity (Wildman–Crippen MR) is 103 cm³/mol. The van der Waals surface area contributed by atoms with Gasteiger partial charge in [0.2, 0.25) is 5.91 Å². The summed E-state index contributed by atoms with van der Waals surface area (Å²) in [5, 5.41) is 1.53. The third kappa shape index (κ3) is 4.06. The molecule has 1 N–H and O–H groups in total. The Kier molecular flexibility index (Phi) is 5.28. The summed E-state index contributed by atoms with van der Waals surface area (Å²) in [4.78, 5) is 29.0. The highest BCUT2D eigenvalue weighted by Crippen LogP contribution is 2.19. The van der Waals surface area contributed by atoms with E-state index < -0.39 is 0 Å². The number of aromatic nitrogens is 1. The van der Waals surface area contributed by atoms with Crippen LogP contribution in [-0.4, -0.2) is 22.9 Å². The van der Waals surface area contributed by atoms with Gasteiger partial charge in [-0.15, -0.1) is 0 Å². The number of benzene rings is 2. The molecule has 2 aromatic carbocycles. The van der Waals surface area contributed by atoms with Crippen LogP contribution in [0.25, 0.3) is 10.9 Å². The highest BCUT2D eigenvalue weighted by Gasteiger charge is 2.13. The summed E-state index contributed by atoms with van der Waals surface area (Å²) in [6.45, 7) is 2.14. The van der Waals surface area contributed by atoms with Crippen molar-refractivity contribution in [3.63, 3.8) is 0 Å². The van der Waals surface area contributed by atoms with Crippen molar-refractivity contribution in [1.29, 1.82) is 0 Å². The molecule has 6 heteroatoms. The second-order valence-electron chi connectivity index (χ2n) is 6.08. The first-order valence-corrected chi connectivity index (χ1v) is 8.54. The lowest BCUT2D eigenvalue weighted by atomic mass is 10.1. The van der Waals surface area contributed by atoms with E-state index >= 15 is 0 Å². The van der Waals surface area contributed by atoms with Crippen molar-refractivity contribution in [2.75, 3.05) is 7.11 Å². The zero-order valence-corrected chi connectivity index (χ0v) is 15.3. The van der Waals surface area contributed by atoms with E-state index in [0.717, 1.165) is 10.9 Å². The minimum Gasteiger partial charge on any atom is -0.497 e. The first-order chi connectivity index (χ1) is 12.5. The quantitative estimate of drug-likeness (QED) is 0.744. The molecule has 0 fully saturated rings. The fourth-order valence-corrected chi connectivity index (χ4v) is 2.89. The SMILES string of the molecule is COc1ccc2cc(CN(Cc3ccc(Cl)cc3)C(C)=O)c(=O)[nH]c2c1. The summed E-state index contributed by atoms with van der Waals surface area (Å²) in [7, 11) is 1.58. The van der Waals surface area contributed by atoms with Crippen LogP contribution in [0.4, 0.5) is 0 Å². The zero-order chi connectivity index (χ0) is 18.7. The Bertz CT molecular complexity index is 996. The van der Waals surface area contributed by atoms with Gasteiger partial charge in [-0.25, -0.2) is 0 Å². The maximum absolute atomic E-state index is 12.4. The summed E-state index contributed by atoms with van der Waals surface area (Å²) in [6.07, 6.45) is 0. The van der Waals surface area contributed by atoms with Gasteiger partial charge in [-0.2, -0.15) is 0 Å². The Hall–Kier alpha value is -2.79. The van der Waals surface area contributed by atoms with Gasteiger partial charge in [-0.1, -0.05) is 23.7 Å². The molecular weight excluding hydrogens is 352 g/mol. The van der Waals surface area contributed by atoms with Crippen molar-refractivity contribution in [2.45, 2.75) is 20.0 Å². The van der Waals surface area contributed by atoms with E-state index in [9.17, 15) is 9.59 Å². The topological polar surface area (TPSA) is 62.4 Å². The van der Waals surface area contributed by atoms with Gasteiger partial charge in [0, 0.05) is 30.1 Å². The van der Waals surface area contributed by atoms with E-state index in [1.807, 2.05) is 30.3 Å². The van der Waals surface area contributed by atoms with Gasteiger partial charge in [-0.3, -0.25) is 9.59 Å². The summed E-state index contributed by atoms with van der Waals surface area (Å²) in [5.74, 6) is 0.572. The Balaban J connectivity index is 1.88. The second kappa shape index (κ2) is 7.62. The standard InChI is InChI=1S/C20H19ClN2O3/c1-13(24)23(11-14-3-6-17(21)7-4-14)12-16-9-15-5-8-18(26-2)10-19(15)22-20(16)25/h3-10H,11-12H2,1-2H3,(H,22,25). The van der Waals surface area contributed by atoms with Gasteiger partial charge in [0.15, 0.2) is 0 Å². The van der Waals surface area contributed by atoms with Crippen molar-refractivity contribution in [3.8, 4) is 5.75 Å². The number of fused-ring (bicyclic) bond motifs is 1. The van der Waals surface area contributed by atoms with Crippen LogP contribution in [-0.2, 0) is 17.9 Å². The lowest BCUT2D eigenvalue weighted by Gasteiger charge is -2.21. The molecule has 0 saturated carbocycles. The lowest BCUT2D eigenvalue weighted by molar-refractivity contribution is -0.130. The van der Waals surface area contributed by atoms with Crippen LogP contribution in [0.1, 0.15) is 18.1 Å². The first kappa shape index (κ1) is 18.0. The Labute approximate surface area is 156 Å². The van der Waals surface area contributed by atoms with E-state index in [2.05, 4.69) is 4.98 Å². The van der Waals surface area contributed by atoms with E-state index in [4.69, 9.17) is 16.3 Å². The molecule has 1 heterocycles. The van der Waals surface area contributed by atoms with Crippen molar-refractivity contribution in [2.24, 2.45) is 0 Å². The number of halogens is 1. The number of ether oxygens (including phenoxy) is 1. The minimum absolute atomic E-state index is 0.103. The molecule has 0 bridgehead atoms. The monoisotopic (exact) mass is 370 g/mol. The van der Waals surface area contributed by atoms with E-state index in [1.54, 1.807) is 30.2 Å². The predicted octanol–water partition coefficient (Wildman–Crippen LogP) is 3.74. The molecule has 0 saturated heterocycles. The number of H-pyrrole nitrogens is 1. The number of amides is 1. The number of nitrogens with zero attached hydrogens (tertiary/aromatic N) is 1. The van der Waals surface area contributed by atoms with Gasteiger partial charge < -0.3 is 14.6 Å². The first-order valence-electron chi connectivity index (χ1n) is 8.16. The number of aromatic amines is 1. The fraction of sp³-hybridized carbons (Fsp3) is 0.200. The van der Waals surface area contributed by atoms with Gasteiger partial charge >= 0.3 is 0 Å². The highest BCUT2D eigenvalue weighted by molar-refractivity contribution is 6.30. The number of pyridine rings is 1. The molecule has 0 unspecified atom stereocenters. The molecule has 0 spiro atoms. The molecule has 0 radical (unpaired) electrons. The Morgan fingerprint density at radius 1 is 1.12 bits per heavy atom. The molecule has 0 aliphatic carbocycles. The highest BCUT2D eigenvalue weighted by atomic mass is 35.5. The molecule has 5 nitrogen and oxygen atoms in total. The Morgan fingerprint density at radius 2 is 1.85 bits per heavy atom. The number of carbonyl (C=O) groups excluding carboxylic acids is 1. The fourth-order valence-electron chi connectivity index (χ4n) is 2.76. The van der Waals surface area contributed by atoms with Gasteiger partial charge in [0.25, 0.3) is 5.56 Å². The van der Waals surface area contributed by atoms with Crippen LogP contribution in [0.2, 0.25) is 5.02 Å². The number of hydrogen-bond acceptors (Lipinski definition) is 3. The van der Waals surface area contributed by atoms with Crippen molar-refractivity contribution in [3.05, 3.63) is 75.0 Å². The summed E-state index contributed by atoms with van der Waals surface area (Å²) in [6, 6.07) is 14.6. The number of rotatable bonds is 5. The molecule has 3 rings (SSSR count). The average Bonchev–Trinajstić information content (AvgIpc) is 2.62. The maximum atomic E-state index is 12.4. The van der Waals surface area contributed by atoms with Crippen molar-refractivity contribution >= 4 is 28.4 Å². The molecule has 26 heavy (non-hydrogen) atoms. The minimum atomic E-state index is -0.215. The Morgan fingerprint density at radius 3 is 2.50 bits per heavy atom. The summed E-state index contributed by atoms with van der Waals surface area (Å²) < 4.78 is 5.18. The molecule has 1 aromatic heterocycles. The largest absolute Gasteiger partial charge is 0.497 e. The summed E-state index contributed by atoms with van der Waals surface area (Å²) in [5.41, 5.74) is 1.97. The third-order valence-corrected chi connectivity index (χ3v) is 4.48. The second-order valence-corrected chi connectivity index (χ2v) is 6.51. The van der Waals surface area contributed by atoms with Gasteiger partial charge in [0.05, 0.1) is 19.2 Å². The lowest BCUT2D eigenvalue weighted by Crippen LogP contribution is -2.30. The van der Waals surface area contributed by atoms with Crippen LogP contribution >= 0.6 is 11.6 Å². The number of hydrogen-bond donors (Lipinski definition) is 1. The normalized spacial score (nSPS) is 10.7.